The van der Waals surface area contributed by atoms with Gasteiger partial charge in [-0.2, -0.15) is 0 Å². The quantitative estimate of drug-likeness (QED) is 0.742. The first-order valence-electron chi connectivity index (χ1n) is 7.21. The van der Waals surface area contributed by atoms with Crippen molar-refractivity contribution in [2.24, 2.45) is 16.2 Å². The molecule has 17 heavy (non-hydrogen) atoms. The highest BCUT2D eigenvalue weighted by molar-refractivity contribution is 5.08. The molecule has 2 nitrogen and oxygen atoms in total. The van der Waals surface area contributed by atoms with E-state index in [4.69, 9.17) is 0 Å². The van der Waals surface area contributed by atoms with Crippen molar-refractivity contribution in [2.45, 2.75) is 40.0 Å². The molecule has 0 amide bonds. The molecule has 98 valence electrons. The average Bonchev–Trinajstić information content (AvgIpc) is 2.75. The molecule has 0 aromatic heterocycles. The maximum atomic E-state index is 2.73. The molecule has 2 heteroatoms. The maximum Gasteiger partial charge on any atom is 0.0212 e. The van der Waals surface area contributed by atoms with Gasteiger partial charge in [-0.15, -0.1) is 0 Å². The SMILES string of the molecule is CN1CC2(C1)CN(CC1(CC(C)(C)C)CC1)C2. The summed E-state index contributed by atoms with van der Waals surface area (Å²) in [6.07, 6.45) is 4.38. The van der Waals surface area contributed by atoms with E-state index in [0.717, 1.165) is 0 Å². The Hall–Kier alpha value is -0.0800. The third-order valence-corrected chi connectivity index (χ3v) is 4.75. The molecule has 3 rings (SSSR count). The van der Waals surface area contributed by atoms with Gasteiger partial charge < -0.3 is 9.80 Å². The van der Waals surface area contributed by atoms with Crippen LogP contribution in [0.15, 0.2) is 0 Å². The van der Waals surface area contributed by atoms with E-state index in [9.17, 15) is 0 Å². The molecular formula is C15H28N2. The van der Waals surface area contributed by atoms with E-state index < -0.39 is 0 Å². The predicted molar refractivity (Wildman–Crippen MR) is 72.1 cm³/mol. The summed E-state index contributed by atoms with van der Waals surface area (Å²) in [5, 5.41) is 0. The Morgan fingerprint density at radius 1 is 1.00 bits per heavy atom. The number of nitrogens with zero attached hydrogens (tertiary/aromatic N) is 2. The van der Waals surface area contributed by atoms with Crippen LogP contribution in [0, 0.1) is 16.2 Å². The Bertz CT molecular complexity index is 297. The Morgan fingerprint density at radius 3 is 2.00 bits per heavy atom. The van der Waals surface area contributed by atoms with E-state index >= 15 is 0 Å². The van der Waals surface area contributed by atoms with Crippen molar-refractivity contribution in [3.8, 4) is 0 Å². The summed E-state index contributed by atoms with van der Waals surface area (Å²) in [7, 11) is 2.25. The Balaban J connectivity index is 1.47. The fraction of sp³-hybridized carbons (Fsp3) is 1.00. The molecular weight excluding hydrogens is 208 g/mol. The van der Waals surface area contributed by atoms with Gasteiger partial charge in [-0.1, -0.05) is 20.8 Å². The molecule has 2 heterocycles. The van der Waals surface area contributed by atoms with Crippen LogP contribution < -0.4 is 0 Å². The first-order chi connectivity index (χ1) is 7.80. The summed E-state index contributed by atoms with van der Waals surface area (Å²) in [6, 6.07) is 0. The predicted octanol–water partition coefficient (Wildman–Crippen LogP) is 2.45. The molecule has 0 bridgehead atoms. The second-order valence-corrected chi connectivity index (χ2v) is 8.55. The Kier molecular flexibility index (Phi) is 2.45. The largest absolute Gasteiger partial charge is 0.305 e. The smallest absolute Gasteiger partial charge is 0.0212 e. The van der Waals surface area contributed by atoms with E-state index in [1.807, 2.05) is 0 Å². The Labute approximate surface area is 106 Å². The van der Waals surface area contributed by atoms with Gasteiger partial charge in [0.15, 0.2) is 0 Å². The third kappa shape index (κ3) is 2.39. The van der Waals surface area contributed by atoms with E-state index in [1.54, 1.807) is 0 Å². The third-order valence-electron chi connectivity index (χ3n) is 4.75. The van der Waals surface area contributed by atoms with Crippen LogP contribution in [-0.4, -0.2) is 49.6 Å². The molecule has 3 fully saturated rings. The summed E-state index contributed by atoms with van der Waals surface area (Å²) < 4.78 is 0. The zero-order chi connectivity index (χ0) is 12.3. The second kappa shape index (κ2) is 3.48. The highest BCUT2D eigenvalue weighted by atomic mass is 15.3. The van der Waals surface area contributed by atoms with Gasteiger partial charge >= 0.3 is 0 Å². The van der Waals surface area contributed by atoms with Gasteiger partial charge in [0, 0.05) is 38.1 Å². The molecule has 0 unspecified atom stereocenters. The van der Waals surface area contributed by atoms with Crippen LogP contribution in [0.4, 0.5) is 0 Å². The van der Waals surface area contributed by atoms with E-state index in [1.165, 1.54) is 52.0 Å². The Morgan fingerprint density at radius 2 is 1.59 bits per heavy atom. The average molecular weight is 236 g/mol. The number of rotatable bonds is 3. The molecule has 0 N–H and O–H groups in total. The normalized spacial score (nSPS) is 31.1. The van der Waals surface area contributed by atoms with Crippen molar-refractivity contribution < 1.29 is 0 Å². The highest BCUT2D eigenvalue weighted by Crippen LogP contribution is 2.55. The van der Waals surface area contributed by atoms with Gasteiger partial charge in [0.2, 0.25) is 0 Å². The van der Waals surface area contributed by atoms with Crippen molar-refractivity contribution in [1.29, 1.82) is 0 Å². The molecule has 1 spiro atoms. The van der Waals surface area contributed by atoms with Crippen LogP contribution in [0.2, 0.25) is 0 Å². The van der Waals surface area contributed by atoms with Gasteiger partial charge in [-0.25, -0.2) is 0 Å². The summed E-state index contributed by atoms with van der Waals surface area (Å²) in [6.45, 7) is 14.0. The van der Waals surface area contributed by atoms with Crippen LogP contribution in [0.5, 0.6) is 0 Å². The van der Waals surface area contributed by atoms with Crippen LogP contribution in [-0.2, 0) is 0 Å². The highest BCUT2D eigenvalue weighted by Gasteiger charge is 2.54. The minimum atomic E-state index is 0.510. The standard InChI is InChI=1S/C15H28N2/c1-13(2,3)7-14(5-6-14)10-17-11-15(12-17)8-16(4)9-15/h5-12H2,1-4H3. The van der Waals surface area contributed by atoms with Gasteiger partial charge in [0.1, 0.15) is 0 Å². The summed E-state index contributed by atoms with van der Waals surface area (Å²) in [5.41, 5.74) is 1.93. The van der Waals surface area contributed by atoms with Crippen molar-refractivity contribution >= 4 is 0 Å². The number of hydrogen-bond acceptors (Lipinski definition) is 2. The fourth-order valence-electron chi connectivity index (χ4n) is 4.48. The van der Waals surface area contributed by atoms with Gasteiger partial charge in [-0.05, 0) is 37.1 Å². The molecule has 2 saturated heterocycles. The van der Waals surface area contributed by atoms with E-state index in [0.29, 0.717) is 16.2 Å². The molecule has 2 aliphatic heterocycles. The lowest BCUT2D eigenvalue weighted by atomic mass is 9.72. The lowest BCUT2D eigenvalue weighted by molar-refractivity contribution is -0.111. The molecule has 0 radical (unpaired) electrons. The topological polar surface area (TPSA) is 6.48 Å². The molecule has 1 aliphatic carbocycles. The molecule has 1 saturated carbocycles. The second-order valence-electron chi connectivity index (χ2n) is 8.55. The molecule has 0 aromatic carbocycles. The minimum absolute atomic E-state index is 0.510. The zero-order valence-electron chi connectivity index (χ0n) is 12.1. The lowest BCUT2D eigenvalue weighted by Crippen LogP contribution is -2.71. The van der Waals surface area contributed by atoms with E-state index in [-0.39, 0.29) is 0 Å². The van der Waals surface area contributed by atoms with Crippen LogP contribution >= 0.6 is 0 Å². The van der Waals surface area contributed by atoms with Crippen LogP contribution in [0.1, 0.15) is 40.0 Å². The van der Waals surface area contributed by atoms with Gasteiger partial charge in [0.25, 0.3) is 0 Å². The summed E-state index contributed by atoms with van der Waals surface area (Å²) >= 11 is 0. The maximum absolute atomic E-state index is 2.73. The molecule has 3 aliphatic rings. The van der Waals surface area contributed by atoms with Crippen LogP contribution in [0.3, 0.4) is 0 Å². The van der Waals surface area contributed by atoms with Crippen molar-refractivity contribution in [2.75, 3.05) is 39.8 Å². The van der Waals surface area contributed by atoms with Crippen LogP contribution in [0.25, 0.3) is 0 Å². The number of hydrogen-bond donors (Lipinski definition) is 0. The monoisotopic (exact) mass is 236 g/mol. The molecule has 0 aromatic rings. The van der Waals surface area contributed by atoms with Crippen molar-refractivity contribution in [3.05, 3.63) is 0 Å². The summed E-state index contributed by atoms with van der Waals surface area (Å²) in [4.78, 5) is 5.19. The molecule has 0 atom stereocenters. The fourth-order valence-corrected chi connectivity index (χ4v) is 4.48. The minimum Gasteiger partial charge on any atom is -0.305 e. The van der Waals surface area contributed by atoms with Gasteiger partial charge in [0.05, 0.1) is 0 Å². The van der Waals surface area contributed by atoms with E-state index in [2.05, 4.69) is 37.6 Å². The lowest BCUT2D eigenvalue weighted by Gasteiger charge is -2.60. The van der Waals surface area contributed by atoms with Crippen molar-refractivity contribution in [1.82, 2.24) is 9.80 Å². The first kappa shape index (κ1) is 12.0. The number of likely N-dealkylation sites (tertiary alicyclic amines) is 2. The summed E-state index contributed by atoms with van der Waals surface area (Å²) in [5.74, 6) is 0. The first-order valence-corrected chi connectivity index (χ1v) is 7.21. The van der Waals surface area contributed by atoms with Gasteiger partial charge in [-0.3, -0.25) is 0 Å². The zero-order valence-corrected chi connectivity index (χ0v) is 12.1. The van der Waals surface area contributed by atoms with Crippen molar-refractivity contribution in [3.63, 3.8) is 0 Å².